The highest BCUT2D eigenvalue weighted by Gasteiger charge is 2.40. The van der Waals surface area contributed by atoms with Gasteiger partial charge in [0.15, 0.2) is 0 Å². The summed E-state index contributed by atoms with van der Waals surface area (Å²) in [5.74, 6) is 1.75. The minimum absolute atomic E-state index is 0.242. The molecule has 2 aliphatic rings. The molecule has 0 saturated carbocycles. The van der Waals surface area contributed by atoms with Gasteiger partial charge in [-0.2, -0.15) is 4.98 Å². The molecule has 0 bridgehead atoms. The molecule has 1 aromatic heterocycles. The number of aryl methyl sites for hydroxylation is 1. The maximum absolute atomic E-state index is 6.09. The molecule has 0 spiro atoms. The lowest BCUT2D eigenvalue weighted by atomic mass is 10.1. The first-order valence-electron chi connectivity index (χ1n) is 9.26. The summed E-state index contributed by atoms with van der Waals surface area (Å²) in [5.41, 5.74) is 2.68. The molecule has 138 valence electrons. The summed E-state index contributed by atoms with van der Waals surface area (Å²) in [6, 6.07) is 11.1. The van der Waals surface area contributed by atoms with Crippen molar-refractivity contribution in [3.63, 3.8) is 0 Å². The number of benzene rings is 1. The van der Waals surface area contributed by atoms with E-state index < -0.39 is 0 Å². The lowest BCUT2D eigenvalue weighted by Crippen LogP contribution is -2.51. The van der Waals surface area contributed by atoms with Gasteiger partial charge in [-0.15, -0.1) is 0 Å². The first-order chi connectivity index (χ1) is 12.6. The SMILES string of the molecule is Cc1cccc(CN2C[C@H]3OCCN(c4ccnc(N(C)C)n4)[C@H]3C2)c1. The van der Waals surface area contributed by atoms with Crippen LogP contribution in [-0.2, 0) is 11.3 Å². The van der Waals surface area contributed by atoms with Crippen LogP contribution < -0.4 is 9.80 Å². The Bertz CT molecular complexity index is 765. The lowest BCUT2D eigenvalue weighted by Gasteiger charge is -2.37. The van der Waals surface area contributed by atoms with Crippen LogP contribution in [0.4, 0.5) is 11.8 Å². The van der Waals surface area contributed by atoms with Crippen molar-refractivity contribution in [3.8, 4) is 0 Å². The summed E-state index contributed by atoms with van der Waals surface area (Å²) >= 11 is 0. The number of ether oxygens (including phenoxy) is 1. The lowest BCUT2D eigenvalue weighted by molar-refractivity contribution is 0.0303. The molecule has 0 N–H and O–H groups in total. The topological polar surface area (TPSA) is 44.7 Å². The minimum atomic E-state index is 0.242. The molecule has 2 saturated heterocycles. The fraction of sp³-hybridized carbons (Fsp3) is 0.500. The third kappa shape index (κ3) is 3.52. The second-order valence-corrected chi connectivity index (χ2v) is 7.46. The van der Waals surface area contributed by atoms with E-state index in [0.717, 1.165) is 44.6 Å². The molecule has 3 heterocycles. The zero-order valence-electron chi connectivity index (χ0n) is 15.8. The van der Waals surface area contributed by atoms with Crippen molar-refractivity contribution in [1.82, 2.24) is 14.9 Å². The maximum atomic E-state index is 6.09. The smallest absolute Gasteiger partial charge is 0.226 e. The Balaban J connectivity index is 1.50. The number of rotatable bonds is 4. The largest absolute Gasteiger partial charge is 0.373 e. The first-order valence-corrected chi connectivity index (χ1v) is 9.26. The van der Waals surface area contributed by atoms with Crippen LogP contribution in [0.5, 0.6) is 0 Å². The van der Waals surface area contributed by atoms with Crippen LogP contribution in [-0.4, -0.2) is 67.4 Å². The molecule has 2 aromatic rings. The van der Waals surface area contributed by atoms with Crippen molar-refractivity contribution in [2.75, 3.05) is 50.1 Å². The third-order valence-corrected chi connectivity index (χ3v) is 5.19. The van der Waals surface area contributed by atoms with Gasteiger partial charge in [-0.05, 0) is 18.6 Å². The predicted molar refractivity (Wildman–Crippen MR) is 104 cm³/mol. The van der Waals surface area contributed by atoms with Crippen molar-refractivity contribution in [2.45, 2.75) is 25.6 Å². The summed E-state index contributed by atoms with van der Waals surface area (Å²) in [7, 11) is 3.95. The van der Waals surface area contributed by atoms with E-state index in [2.05, 4.69) is 46.0 Å². The predicted octanol–water partition coefficient (Wildman–Crippen LogP) is 1.94. The van der Waals surface area contributed by atoms with Crippen LogP contribution in [0.2, 0.25) is 0 Å². The Hall–Kier alpha value is -2.18. The summed E-state index contributed by atoms with van der Waals surface area (Å²) in [6.45, 7) is 6.72. The van der Waals surface area contributed by atoms with Gasteiger partial charge in [0.1, 0.15) is 5.82 Å². The van der Waals surface area contributed by atoms with Crippen LogP contribution in [0.25, 0.3) is 0 Å². The van der Waals surface area contributed by atoms with Crippen molar-refractivity contribution >= 4 is 11.8 Å². The average Bonchev–Trinajstić information content (AvgIpc) is 3.04. The number of hydrogen-bond acceptors (Lipinski definition) is 6. The summed E-state index contributed by atoms with van der Waals surface area (Å²) in [6.07, 6.45) is 2.09. The van der Waals surface area contributed by atoms with Crippen LogP contribution in [0.3, 0.4) is 0 Å². The van der Waals surface area contributed by atoms with Gasteiger partial charge < -0.3 is 14.5 Å². The Morgan fingerprint density at radius 3 is 2.92 bits per heavy atom. The van der Waals surface area contributed by atoms with Crippen molar-refractivity contribution in [2.24, 2.45) is 0 Å². The number of hydrogen-bond donors (Lipinski definition) is 0. The van der Waals surface area contributed by atoms with Crippen LogP contribution in [0.15, 0.2) is 36.5 Å². The molecule has 0 amide bonds. The van der Waals surface area contributed by atoms with Crippen LogP contribution >= 0.6 is 0 Å². The molecule has 2 fully saturated rings. The molecule has 26 heavy (non-hydrogen) atoms. The molecule has 6 nitrogen and oxygen atoms in total. The van der Waals surface area contributed by atoms with Crippen molar-refractivity contribution in [3.05, 3.63) is 47.7 Å². The Morgan fingerprint density at radius 1 is 1.23 bits per heavy atom. The van der Waals surface area contributed by atoms with E-state index in [1.165, 1.54) is 11.1 Å². The Morgan fingerprint density at radius 2 is 2.12 bits per heavy atom. The Kier molecular flexibility index (Phi) is 4.78. The molecule has 0 radical (unpaired) electrons. The van der Waals surface area contributed by atoms with Crippen molar-refractivity contribution < 1.29 is 4.74 Å². The molecule has 0 aliphatic carbocycles. The zero-order valence-corrected chi connectivity index (χ0v) is 15.8. The Labute approximate surface area is 155 Å². The summed E-state index contributed by atoms with van der Waals surface area (Å²) in [5, 5.41) is 0. The van der Waals surface area contributed by atoms with E-state index >= 15 is 0 Å². The fourth-order valence-electron chi connectivity index (χ4n) is 3.96. The molecular formula is C20H27N5O. The zero-order chi connectivity index (χ0) is 18.1. The summed E-state index contributed by atoms with van der Waals surface area (Å²) in [4.78, 5) is 15.9. The second kappa shape index (κ2) is 7.21. The minimum Gasteiger partial charge on any atom is -0.373 e. The van der Waals surface area contributed by atoms with Gasteiger partial charge in [0.2, 0.25) is 5.95 Å². The highest BCUT2D eigenvalue weighted by atomic mass is 16.5. The molecule has 1 aromatic carbocycles. The number of morpholine rings is 1. The van der Waals surface area contributed by atoms with E-state index in [-0.39, 0.29) is 6.10 Å². The van der Waals surface area contributed by atoms with E-state index in [1.54, 1.807) is 0 Å². The van der Waals surface area contributed by atoms with Crippen LogP contribution in [0.1, 0.15) is 11.1 Å². The van der Waals surface area contributed by atoms with Gasteiger partial charge in [0.05, 0.1) is 18.8 Å². The number of anilines is 2. The molecule has 2 aliphatic heterocycles. The van der Waals surface area contributed by atoms with Gasteiger partial charge in [-0.3, -0.25) is 4.90 Å². The van der Waals surface area contributed by atoms with E-state index in [0.29, 0.717) is 6.04 Å². The number of aromatic nitrogens is 2. The van der Waals surface area contributed by atoms with Gasteiger partial charge in [-0.25, -0.2) is 4.98 Å². The average molecular weight is 353 g/mol. The van der Waals surface area contributed by atoms with E-state index in [9.17, 15) is 0 Å². The van der Waals surface area contributed by atoms with E-state index in [4.69, 9.17) is 9.72 Å². The van der Waals surface area contributed by atoms with Gasteiger partial charge in [0, 0.05) is 46.5 Å². The maximum Gasteiger partial charge on any atom is 0.226 e. The molecule has 6 heteroatoms. The normalized spacial score (nSPS) is 23.1. The first kappa shape index (κ1) is 17.2. The monoisotopic (exact) mass is 353 g/mol. The van der Waals surface area contributed by atoms with Crippen LogP contribution in [0, 0.1) is 6.92 Å². The summed E-state index contributed by atoms with van der Waals surface area (Å²) < 4.78 is 6.09. The number of fused-ring (bicyclic) bond motifs is 1. The number of nitrogens with zero attached hydrogens (tertiary/aromatic N) is 5. The highest BCUT2D eigenvalue weighted by molar-refractivity contribution is 5.45. The van der Waals surface area contributed by atoms with Gasteiger partial charge in [-0.1, -0.05) is 29.8 Å². The van der Waals surface area contributed by atoms with E-state index in [1.807, 2.05) is 31.3 Å². The van der Waals surface area contributed by atoms with Gasteiger partial charge >= 0.3 is 0 Å². The van der Waals surface area contributed by atoms with Gasteiger partial charge in [0.25, 0.3) is 0 Å². The fourth-order valence-corrected chi connectivity index (χ4v) is 3.96. The number of likely N-dealkylation sites (tertiary alicyclic amines) is 1. The third-order valence-electron chi connectivity index (χ3n) is 5.19. The standard InChI is InChI=1S/C20H27N5O/c1-15-5-4-6-16(11-15)12-24-13-17-18(14-24)26-10-9-25(17)19-7-8-21-20(22-19)23(2)3/h4-8,11,17-18H,9-10,12-14H2,1-3H3/t17-,18+/m0/s1. The van der Waals surface area contributed by atoms with Crippen molar-refractivity contribution in [1.29, 1.82) is 0 Å². The second-order valence-electron chi connectivity index (χ2n) is 7.46. The molecule has 2 atom stereocenters. The molecule has 4 rings (SSSR count). The molecular weight excluding hydrogens is 326 g/mol. The highest BCUT2D eigenvalue weighted by Crippen LogP contribution is 2.28. The molecule has 0 unspecified atom stereocenters. The quantitative estimate of drug-likeness (QED) is 0.837.